The normalized spacial score (nSPS) is 18.4. The van der Waals surface area contributed by atoms with E-state index in [2.05, 4.69) is 15.2 Å². The van der Waals surface area contributed by atoms with Crippen molar-refractivity contribution in [3.63, 3.8) is 0 Å². The van der Waals surface area contributed by atoms with Gasteiger partial charge in [-0.05, 0) is 51.9 Å². The number of piperidine rings is 1. The van der Waals surface area contributed by atoms with Gasteiger partial charge in [-0.25, -0.2) is 4.68 Å². The molecule has 0 saturated carbocycles. The zero-order valence-electron chi connectivity index (χ0n) is 14.6. The summed E-state index contributed by atoms with van der Waals surface area (Å²) in [5, 5.41) is 8.46. The van der Waals surface area contributed by atoms with Crippen LogP contribution in [0.1, 0.15) is 33.1 Å². The molecule has 130 valence electrons. The van der Waals surface area contributed by atoms with Gasteiger partial charge in [0, 0.05) is 6.54 Å². The summed E-state index contributed by atoms with van der Waals surface area (Å²) in [6, 6.07) is 7.83. The van der Waals surface area contributed by atoms with Gasteiger partial charge in [-0.15, -0.1) is 5.10 Å². The summed E-state index contributed by atoms with van der Waals surface area (Å²) in [5.74, 6) is -0.157. The Labute approximate surface area is 142 Å². The van der Waals surface area contributed by atoms with Crippen LogP contribution in [0.15, 0.2) is 24.3 Å². The number of rotatable bonds is 6. The van der Waals surface area contributed by atoms with Gasteiger partial charge in [0.25, 0.3) is 0 Å². The maximum Gasteiger partial charge on any atom is 0.314 e. The molecule has 2 aromatic rings. The van der Waals surface area contributed by atoms with Crippen molar-refractivity contribution in [1.82, 2.24) is 19.9 Å². The Morgan fingerprint density at radius 1 is 1.21 bits per heavy atom. The lowest BCUT2D eigenvalue weighted by atomic mass is 9.89. The SMILES string of the molecule is CCOC(=O)C(C)(CN1CCCCC1)Cn1nnc2ccccc21. The minimum Gasteiger partial charge on any atom is -0.465 e. The van der Waals surface area contributed by atoms with E-state index in [0.717, 1.165) is 24.1 Å². The van der Waals surface area contributed by atoms with Crippen LogP contribution in [0.4, 0.5) is 0 Å². The Bertz CT molecular complexity index is 693. The molecule has 0 N–H and O–H groups in total. The molecular weight excluding hydrogens is 304 g/mol. The van der Waals surface area contributed by atoms with Crippen molar-refractivity contribution < 1.29 is 9.53 Å². The first-order valence-corrected chi connectivity index (χ1v) is 8.80. The molecule has 1 aromatic carbocycles. The van der Waals surface area contributed by atoms with Crippen LogP contribution in [0.3, 0.4) is 0 Å². The number of benzene rings is 1. The molecule has 1 fully saturated rings. The van der Waals surface area contributed by atoms with Crippen molar-refractivity contribution in [3.8, 4) is 0 Å². The molecule has 6 nitrogen and oxygen atoms in total. The monoisotopic (exact) mass is 330 g/mol. The molecule has 3 rings (SSSR count). The summed E-state index contributed by atoms with van der Waals surface area (Å²) in [6.45, 7) is 7.50. The van der Waals surface area contributed by atoms with E-state index in [1.165, 1.54) is 19.3 Å². The molecule has 24 heavy (non-hydrogen) atoms. The number of hydrogen-bond donors (Lipinski definition) is 0. The zero-order chi connectivity index (χ0) is 17.0. The van der Waals surface area contributed by atoms with Crippen LogP contribution < -0.4 is 0 Å². The molecule has 1 aromatic heterocycles. The average molecular weight is 330 g/mol. The number of nitrogens with zero attached hydrogens (tertiary/aromatic N) is 4. The Hall–Kier alpha value is -1.95. The lowest BCUT2D eigenvalue weighted by Gasteiger charge is -2.35. The number of fused-ring (bicyclic) bond motifs is 1. The summed E-state index contributed by atoms with van der Waals surface area (Å²) in [5.41, 5.74) is 1.16. The van der Waals surface area contributed by atoms with E-state index >= 15 is 0 Å². The first kappa shape index (κ1) is 16.9. The van der Waals surface area contributed by atoms with Crippen molar-refractivity contribution in [3.05, 3.63) is 24.3 Å². The lowest BCUT2D eigenvalue weighted by molar-refractivity contribution is -0.156. The maximum atomic E-state index is 12.7. The minimum absolute atomic E-state index is 0.157. The number of hydrogen-bond acceptors (Lipinski definition) is 5. The predicted octanol–water partition coefficient (Wildman–Crippen LogP) is 2.49. The van der Waals surface area contributed by atoms with E-state index < -0.39 is 5.41 Å². The van der Waals surface area contributed by atoms with E-state index in [4.69, 9.17) is 4.74 Å². The van der Waals surface area contributed by atoms with Crippen LogP contribution in [0.2, 0.25) is 0 Å². The summed E-state index contributed by atoms with van der Waals surface area (Å²) >= 11 is 0. The van der Waals surface area contributed by atoms with Crippen LogP contribution in [0, 0.1) is 5.41 Å². The van der Waals surface area contributed by atoms with E-state index in [1.54, 1.807) is 0 Å². The number of ether oxygens (including phenoxy) is 1. The van der Waals surface area contributed by atoms with Crippen molar-refractivity contribution in [2.75, 3.05) is 26.2 Å². The largest absolute Gasteiger partial charge is 0.465 e. The molecule has 1 aliphatic rings. The highest BCUT2D eigenvalue weighted by Crippen LogP contribution is 2.26. The van der Waals surface area contributed by atoms with Crippen molar-refractivity contribution in [2.45, 2.75) is 39.7 Å². The fourth-order valence-corrected chi connectivity index (χ4v) is 3.46. The maximum absolute atomic E-state index is 12.7. The van der Waals surface area contributed by atoms with Crippen molar-refractivity contribution in [2.24, 2.45) is 5.41 Å². The third-order valence-electron chi connectivity index (χ3n) is 4.71. The van der Waals surface area contributed by atoms with Crippen LogP contribution in [0.5, 0.6) is 0 Å². The molecule has 1 aliphatic heterocycles. The average Bonchev–Trinajstić information content (AvgIpc) is 2.99. The van der Waals surface area contributed by atoms with Crippen LogP contribution in [0.25, 0.3) is 11.0 Å². The number of aromatic nitrogens is 3. The molecule has 1 unspecified atom stereocenters. The topological polar surface area (TPSA) is 60.2 Å². The van der Waals surface area contributed by atoms with Gasteiger partial charge in [-0.2, -0.15) is 0 Å². The molecule has 0 radical (unpaired) electrons. The smallest absolute Gasteiger partial charge is 0.314 e. The fourth-order valence-electron chi connectivity index (χ4n) is 3.46. The van der Waals surface area contributed by atoms with E-state index in [1.807, 2.05) is 42.8 Å². The van der Waals surface area contributed by atoms with Gasteiger partial charge in [0.15, 0.2) is 0 Å². The highest BCUT2D eigenvalue weighted by atomic mass is 16.5. The Kier molecular flexibility index (Phi) is 5.14. The molecule has 1 atom stereocenters. The van der Waals surface area contributed by atoms with E-state index in [0.29, 0.717) is 19.7 Å². The van der Waals surface area contributed by atoms with Crippen LogP contribution in [-0.4, -0.2) is 52.1 Å². The summed E-state index contributed by atoms with van der Waals surface area (Å²) < 4.78 is 7.21. The molecule has 0 amide bonds. The van der Waals surface area contributed by atoms with E-state index in [9.17, 15) is 4.79 Å². The third-order valence-corrected chi connectivity index (χ3v) is 4.71. The molecule has 2 heterocycles. The highest BCUT2D eigenvalue weighted by Gasteiger charge is 2.38. The molecular formula is C18H26N4O2. The molecule has 6 heteroatoms. The second kappa shape index (κ2) is 7.30. The number of carbonyl (C=O) groups is 1. The standard InChI is InChI=1S/C18H26N4O2/c1-3-24-17(23)18(2,13-21-11-7-4-8-12-21)14-22-16-10-6-5-9-15(16)19-20-22/h5-6,9-10H,3-4,7-8,11-14H2,1-2H3. The first-order chi connectivity index (χ1) is 11.6. The van der Waals surface area contributed by atoms with Gasteiger partial charge in [0.2, 0.25) is 0 Å². The summed E-state index contributed by atoms with van der Waals surface area (Å²) in [7, 11) is 0. The number of para-hydroxylation sites is 1. The van der Waals surface area contributed by atoms with Crippen molar-refractivity contribution >= 4 is 17.0 Å². The minimum atomic E-state index is -0.635. The Morgan fingerprint density at radius 3 is 2.71 bits per heavy atom. The Morgan fingerprint density at radius 2 is 1.96 bits per heavy atom. The third kappa shape index (κ3) is 3.59. The van der Waals surface area contributed by atoms with Gasteiger partial charge in [-0.1, -0.05) is 23.8 Å². The van der Waals surface area contributed by atoms with E-state index in [-0.39, 0.29) is 5.97 Å². The van der Waals surface area contributed by atoms with Gasteiger partial charge >= 0.3 is 5.97 Å². The fraction of sp³-hybridized carbons (Fsp3) is 0.611. The Balaban J connectivity index is 1.84. The quantitative estimate of drug-likeness (QED) is 0.762. The van der Waals surface area contributed by atoms with Gasteiger partial charge in [0.1, 0.15) is 5.52 Å². The molecule has 1 saturated heterocycles. The molecule has 0 spiro atoms. The van der Waals surface area contributed by atoms with Gasteiger partial charge in [0.05, 0.1) is 24.1 Å². The van der Waals surface area contributed by atoms with Gasteiger partial charge in [-0.3, -0.25) is 4.79 Å². The van der Waals surface area contributed by atoms with Crippen LogP contribution in [-0.2, 0) is 16.1 Å². The number of likely N-dealkylation sites (tertiary alicyclic amines) is 1. The number of carbonyl (C=O) groups excluding carboxylic acids is 1. The first-order valence-electron chi connectivity index (χ1n) is 8.80. The second-order valence-corrected chi connectivity index (χ2v) is 6.85. The molecule has 0 aliphatic carbocycles. The van der Waals surface area contributed by atoms with Gasteiger partial charge < -0.3 is 9.64 Å². The highest BCUT2D eigenvalue weighted by molar-refractivity contribution is 5.78. The second-order valence-electron chi connectivity index (χ2n) is 6.85. The van der Waals surface area contributed by atoms with Crippen LogP contribution >= 0.6 is 0 Å². The molecule has 0 bridgehead atoms. The zero-order valence-corrected chi connectivity index (χ0v) is 14.6. The summed E-state index contributed by atoms with van der Waals surface area (Å²) in [4.78, 5) is 15.1. The lowest BCUT2D eigenvalue weighted by Crippen LogP contribution is -2.46. The number of esters is 1. The predicted molar refractivity (Wildman–Crippen MR) is 92.6 cm³/mol. The van der Waals surface area contributed by atoms with Crippen molar-refractivity contribution in [1.29, 1.82) is 0 Å². The summed E-state index contributed by atoms with van der Waals surface area (Å²) in [6.07, 6.45) is 3.68.